The van der Waals surface area contributed by atoms with Crippen molar-refractivity contribution in [2.75, 3.05) is 18.8 Å². The minimum Gasteiger partial charge on any atom is -0.355 e. The third-order valence-corrected chi connectivity index (χ3v) is 3.31. The molecule has 1 aliphatic heterocycles. The first-order valence-electron chi connectivity index (χ1n) is 5.45. The molecule has 6 nitrogen and oxygen atoms in total. The first-order valence-corrected chi connectivity index (χ1v) is 7.06. The van der Waals surface area contributed by atoms with Gasteiger partial charge in [0.2, 0.25) is 5.91 Å². The lowest BCUT2D eigenvalue weighted by atomic mass is 10.1. The van der Waals surface area contributed by atoms with Crippen molar-refractivity contribution >= 4 is 16.0 Å². The summed E-state index contributed by atoms with van der Waals surface area (Å²) in [6.07, 6.45) is 3.05. The highest BCUT2D eigenvalue weighted by atomic mass is 32.2. The lowest BCUT2D eigenvalue weighted by Crippen LogP contribution is -2.43. The zero-order valence-electron chi connectivity index (χ0n) is 9.11. The molecule has 1 amide bonds. The fourth-order valence-corrected chi connectivity index (χ4v) is 2.17. The summed E-state index contributed by atoms with van der Waals surface area (Å²) >= 11 is 0. The van der Waals surface area contributed by atoms with Crippen LogP contribution >= 0.6 is 0 Å². The topological polar surface area (TPSA) is 95.5 Å². The molecule has 0 spiro atoms. The highest BCUT2D eigenvalue weighted by Crippen LogP contribution is 2.05. The van der Waals surface area contributed by atoms with Gasteiger partial charge in [0.25, 0.3) is 10.1 Å². The van der Waals surface area contributed by atoms with Crippen molar-refractivity contribution in [1.29, 1.82) is 0 Å². The molecule has 3 N–H and O–H groups in total. The molecule has 0 aromatic heterocycles. The quantitative estimate of drug-likeness (QED) is 0.452. The smallest absolute Gasteiger partial charge is 0.264 e. The third-order valence-electron chi connectivity index (χ3n) is 2.51. The number of hydrogen-bond donors (Lipinski definition) is 3. The summed E-state index contributed by atoms with van der Waals surface area (Å²) in [7, 11) is -3.89. The predicted octanol–water partition coefficient (Wildman–Crippen LogP) is -0.477. The van der Waals surface area contributed by atoms with Crippen molar-refractivity contribution in [3.8, 4) is 0 Å². The van der Waals surface area contributed by atoms with Gasteiger partial charge in [0.05, 0.1) is 11.8 Å². The maximum Gasteiger partial charge on any atom is 0.264 e. The van der Waals surface area contributed by atoms with Crippen molar-refractivity contribution in [3.63, 3.8) is 0 Å². The number of carbonyl (C=O) groups excluding carboxylic acids is 1. The Kier molecular flexibility index (Phi) is 5.17. The largest absolute Gasteiger partial charge is 0.355 e. The van der Waals surface area contributed by atoms with E-state index in [1.807, 2.05) is 0 Å². The fourth-order valence-electron chi connectivity index (χ4n) is 1.66. The van der Waals surface area contributed by atoms with E-state index in [0.29, 0.717) is 19.5 Å². The predicted molar refractivity (Wildman–Crippen MR) is 59.7 cm³/mol. The molecule has 0 unspecified atom stereocenters. The molecule has 0 aromatic rings. The van der Waals surface area contributed by atoms with Gasteiger partial charge in [-0.05, 0) is 32.2 Å². The van der Waals surface area contributed by atoms with Crippen molar-refractivity contribution in [2.24, 2.45) is 0 Å². The number of amides is 1. The standard InChI is InChI=1S/C9H18N2O4S/c12-9-8(4-1-2-5-11-9)10-6-3-7-16(13,14)15/h8,10H,1-7H2,(H,11,12)(H,13,14,15)/t8-/m0/s1. The van der Waals surface area contributed by atoms with Gasteiger partial charge in [-0.15, -0.1) is 0 Å². The van der Waals surface area contributed by atoms with Gasteiger partial charge in [-0.3, -0.25) is 9.35 Å². The zero-order valence-corrected chi connectivity index (χ0v) is 9.92. The van der Waals surface area contributed by atoms with Crippen LogP contribution in [-0.4, -0.2) is 43.8 Å². The van der Waals surface area contributed by atoms with Crippen LogP contribution in [0.25, 0.3) is 0 Å². The highest BCUT2D eigenvalue weighted by Gasteiger charge is 2.19. The second kappa shape index (κ2) is 6.17. The van der Waals surface area contributed by atoms with Crippen LogP contribution in [0.2, 0.25) is 0 Å². The molecule has 1 heterocycles. The lowest BCUT2D eigenvalue weighted by molar-refractivity contribution is -0.122. The van der Waals surface area contributed by atoms with Crippen LogP contribution in [0.1, 0.15) is 25.7 Å². The molecule has 1 aliphatic rings. The molecular weight excluding hydrogens is 232 g/mol. The van der Waals surface area contributed by atoms with Crippen molar-refractivity contribution in [2.45, 2.75) is 31.7 Å². The Bertz CT molecular complexity index is 328. The third kappa shape index (κ3) is 5.43. The molecule has 1 fully saturated rings. The van der Waals surface area contributed by atoms with Gasteiger partial charge in [0.15, 0.2) is 0 Å². The summed E-state index contributed by atoms with van der Waals surface area (Å²) in [6.45, 7) is 1.12. The molecule has 7 heteroatoms. The molecule has 16 heavy (non-hydrogen) atoms. The molecule has 1 saturated heterocycles. The van der Waals surface area contributed by atoms with Gasteiger partial charge < -0.3 is 10.6 Å². The fraction of sp³-hybridized carbons (Fsp3) is 0.889. The molecule has 0 bridgehead atoms. The van der Waals surface area contributed by atoms with Crippen LogP contribution in [-0.2, 0) is 14.9 Å². The molecule has 0 radical (unpaired) electrons. The monoisotopic (exact) mass is 250 g/mol. The zero-order chi connectivity index (χ0) is 12.0. The van der Waals surface area contributed by atoms with E-state index in [9.17, 15) is 13.2 Å². The van der Waals surface area contributed by atoms with Crippen LogP contribution in [0.3, 0.4) is 0 Å². The van der Waals surface area contributed by atoms with Crippen LogP contribution < -0.4 is 10.6 Å². The summed E-state index contributed by atoms with van der Waals surface area (Å²) in [5.41, 5.74) is 0. The average Bonchev–Trinajstić information content (AvgIpc) is 2.37. The second-order valence-electron chi connectivity index (χ2n) is 3.93. The Morgan fingerprint density at radius 2 is 2.19 bits per heavy atom. The van der Waals surface area contributed by atoms with E-state index in [1.54, 1.807) is 0 Å². The van der Waals surface area contributed by atoms with E-state index in [2.05, 4.69) is 10.6 Å². The maximum absolute atomic E-state index is 11.5. The Morgan fingerprint density at radius 3 is 2.88 bits per heavy atom. The van der Waals surface area contributed by atoms with Crippen molar-refractivity contribution in [1.82, 2.24) is 10.6 Å². The number of hydrogen-bond acceptors (Lipinski definition) is 4. The molecular formula is C9H18N2O4S. The van der Waals surface area contributed by atoms with Crippen LogP contribution in [0.15, 0.2) is 0 Å². The summed E-state index contributed by atoms with van der Waals surface area (Å²) in [5, 5.41) is 5.78. The van der Waals surface area contributed by atoms with Crippen molar-refractivity contribution < 1.29 is 17.8 Å². The van der Waals surface area contributed by atoms with Gasteiger partial charge in [-0.1, -0.05) is 0 Å². The van der Waals surface area contributed by atoms with Crippen LogP contribution in [0.4, 0.5) is 0 Å². The van der Waals surface area contributed by atoms with E-state index in [-0.39, 0.29) is 17.7 Å². The molecule has 1 atom stereocenters. The molecule has 0 aliphatic carbocycles. The molecule has 94 valence electrons. The summed E-state index contributed by atoms with van der Waals surface area (Å²) in [6, 6.07) is -0.233. The van der Waals surface area contributed by atoms with E-state index >= 15 is 0 Å². The first-order chi connectivity index (χ1) is 7.49. The van der Waals surface area contributed by atoms with E-state index in [0.717, 1.165) is 19.3 Å². The molecule has 0 aromatic carbocycles. The molecule has 1 rings (SSSR count). The van der Waals surface area contributed by atoms with Gasteiger partial charge in [-0.2, -0.15) is 8.42 Å². The maximum atomic E-state index is 11.5. The minimum atomic E-state index is -3.89. The Balaban J connectivity index is 2.23. The van der Waals surface area contributed by atoms with Crippen LogP contribution in [0.5, 0.6) is 0 Å². The second-order valence-corrected chi connectivity index (χ2v) is 5.51. The van der Waals surface area contributed by atoms with Gasteiger partial charge in [0.1, 0.15) is 0 Å². The van der Waals surface area contributed by atoms with Gasteiger partial charge in [0, 0.05) is 6.54 Å². The van der Waals surface area contributed by atoms with Crippen molar-refractivity contribution in [3.05, 3.63) is 0 Å². The van der Waals surface area contributed by atoms with E-state index in [4.69, 9.17) is 4.55 Å². The highest BCUT2D eigenvalue weighted by molar-refractivity contribution is 7.85. The number of carbonyl (C=O) groups is 1. The minimum absolute atomic E-state index is 0.0237. The Morgan fingerprint density at radius 1 is 1.44 bits per heavy atom. The summed E-state index contributed by atoms with van der Waals surface area (Å²) in [5.74, 6) is -0.293. The van der Waals surface area contributed by atoms with Gasteiger partial charge >= 0.3 is 0 Å². The normalized spacial score (nSPS) is 22.6. The Hall–Kier alpha value is -0.660. The molecule has 0 saturated carbocycles. The number of nitrogens with one attached hydrogen (secondary N) is 2. The van der Waals surface area contributed by atoms with E-state index < -0.39 is 10.1 Å². The summed E-state index contributed by atoms with van der Waals surface area (Å²) in [4.78, 5) is 11.5. The summed E-state index contributed by atoms with van der Waals surface area (Å²) < 4.78 is 29.4. The van der Waals surface area contributed by atoms with Crippen LogP contribution in [0, 0.1) is 0 Å². The SMILES string of the molecule is O=C1NCCCC[C@@H]1NCCCS(=O)(=O)O. The average molecular weight is 250 g/mol. The first kappa shape index (κ1) is 13.4. The Labute approximate surface area is 95.5 Å². The van der Waals surface area contributed by atoms with E-state index in [1.165, 1.54) is 0 Å². The van der Waals surface area contributed by atoms with Gasteiger partial charge in [-0.25, -0.2) is 0 Å². The number of rotatable bonds is 5. The lowest BCUT2D eigenvalue weighted by Gasteiger charge is -2.14.